The van der Waals surface area contributed by atoms with E-state index in [0.717, 1.165) is 12.1 Å². The first kappa shape index (κ1) is 13.4. The Balaban J connectivity index is 2.31. The zero-order chi connectivity index (χ0) is 12.8. The van der Waals surface area contributed by atoms with Crippen LogP contribution in [0.2, 0.25) is 0 Å². The lowest BCUT2D eigenvalue weighted by Crippen LogP contribution is -2.30. The second-order valence-electron chi connectivity index (χ2n) is 3.51. The Morgan fingerprint density at radius 2 is 2.12 bits per heavy atom. The van der Waals surface area contributed by atoms with E-state index in [0.29, 0.717) is 6.42 Å². The topological polar surface area (TPSA) is 72.5 Å². The minimum Gasteiger partial charge on any atom is -0.493 e. The fraction of sp³-hybridized carbons (Fsp3) is 0.364. The summed E-state index contributed by atoms with van der Waals surface area (Å²) in [4.78, 5) is 10.4. The second-order valence-corrected chi connectivity index (χ2v) is 3.51. The highest BCUT2D eigenvalue weighted by molar-refractivity contribution is 5.72. The molecule has 0 spiro atoms. The molecule has 1 aromatic rings. The van der Waals surface area contributed by atoms with Crippen molar-refractivity contribution < 1.29 is 23.4 Å². The van der Waals surface area contributed by atoms with E-state index in [1.807, 2.05) is 0 Å². The highest BCUT2D eigenvalue weighted by Gasteiger charge is 2.10. The van der Waals surface area contributed by atoms with Gasteiger partial charge in [-0.3, -0.25) is 4.79 Å². The molecule has 1 aromatic carbocycles. The minimum absolute atomic E-state index is 0.200. The smallest absolute Gasteiger partial charge is 0.320 e. The van der Waals surface area contributed by atoms with Crippen LogP contribution in [0, 0.1) is 11.6 Å². The van der Waals surface area contributed by atoms with Gasteiger partial charge < -0.3 is 15.6 Å². The lowest BCUT2D eigenvalue weighted by atomic mass is 10.2. The lowest BCUT2D eigenvalue weighted by molar-refractivity contribution is -0.138. The third-order valence-corrected chi connectivity index (χ3v) is 2.14. The van der Waals surface area contributed by atoms with Crippen LogP contribution in [-0.4, -0.2) is 23.7 Å². The molecule has 1 atom stereocenters. The molecule has 0 saturated heterocycles. The molecule has 0 heterocycles. The number of carboxylic acid groups (broad SMARTS) is 1. The largest absolute Gasteiger partial charge is 0.493 e. The summed E-state index contributed by atoms with van der Waals surface area (Å²) in [5.41, 5.74) is 5.28. The molecule has 4 nitrogen and oxygen atoms in total. The third kappa shape index (κ3) is 4.36. The molecule has 3 N–H and O–H groups in total. The van der Waals surface area contributed by atoms with Crippen molar-refractivity contribution in [1.29, 1.82) is 0 Å². The van der Waals surface area contributed by atoms with Crippen molar-refractivity contribution in [3.05, 3.63) is 29.8 Å². The molecule has 0 bridgehead atoms. The summed E-state index contributed by atoms with van der Waals surface area (Å²) >= 11 is 0. The van der Waals surface area contributed by atoms with Crippen LogP contribution in [0.1, 0.15) is 12.8 Å². The van der Waals surface area contributed by atoms with Crippen LogP contribution in [0.4, 0.5) is 8.78 Å². The number of carbonyl (C=O) groups is 1. The van der Waals surface area contributed by atoms with Crippen LogP contribution in [0.5, 0.6) is 5.75 Å². The standard InChI is InChI=1S/C11H13F2NO3/c12-8-4-3-7(6-9(8)13)17-5-1-2-10(14)11(15)16/h3-4,6,10H,1-2,5,14H2,(H,15,16). The molecule has 0 aliphatic carbocycles. The summed E-state index contributed by atoms with van der Waals surface area (Å²) in [5.74, 6) is -2.79. The average Bonchev–Trinajstić information content (AvgIpc) is 2.28. The molecule has 0 radical (unpaired) electrons. The van der Waals surface area contributed by atoms with Crippen molar-refractivity contribution in [3.8, 4) is 5.75 Å². The number of hydrogen-bond donors (Lipinski definition) is 2. The van der Waals surface area contributed by atoms with E-state index < -0.39 is 23.6 Å². The molecular formula is C11H13F2NO3. The van der Waals surface area contributed by atoms with Gasteiger partial charge in [0.1, 0.15) is 11.8 Å². The van der Waals surface area contributed by atoms with Gasteiger partial charge in [-0.2, -0.15) is 0 Å². The minimum atomic E-state index is -1.07. The first-order valence-corrected chi connectivity index (χ1v) is 5.07. The molecule has 17 heavy (non-hydrogen) atoms. The summed E-state index contributed by atoms with van der Waals surface area (Å²) in [6.45, 7) is 0.200. The van der Waals surface area contributed by atoms with Gasteiger partial charge in [0, 0.05) is 6.07 Å². The number of benzene rings is 1. The maximum absolute atomic E-state index is 12.8. The highest BCUT2D eigenvalue weighted by Crippen LogP contribution is 2.15. The van der Waals surface area contributed by atoms with Crippen molar-refractivity contribution in [2.75, 3.05) is 6.61 Å². The number of carboxylic acids is 1. The number of aliphatic carboxylic acids is 1. The van der Waals surface area contributed by atoms with Crippen molar-refractivity contribution in [2.45, 2.75) is 18.9 Å². The quantitative estimate of drug-likeness (QED) is 0.745. The molecule has 0 saturated carbocycles. The van der Waals surface area contributed by atoms with E-state index in [1.54, 1.807) is 0 Å². The van der Waals surface area contributed by atoms with Gasteiger partial charge in [-0.15, -0.1) is 0 Å². The summed E-state index contributed by atoms with van der Waals surface area (Å²) in [6.07, 6.45) is 0.686. The van der Waals surface area contributed by atoms with Gasteiger partial charge in [0.15, 0.2) is 11.6 Å². The monoisotopic (exact) mass is 245 g/mol. The maximum atomic E-state index is 12.8. The summed E-state index contributed by atoms with van der Waals surface area (Å²) in [6, 6.07) is 2.28. The van der Waals surface area contributed by atoms with E-state index >= 15 is 0 Å². The van der Waals surface area contributed by atoms with Crippen molar-refractivity contribution in [1.82, 2.24) is 0 Å². The number of rotatable bonds is 6. The van der Waals surface area contributed by atoms with Crippen LogP contribution >= 0.6 is 0 Å². The zero-order valence-corrected chi connectivity index (χ0v) is 9.03. The van der Waals surface area contributed by atoms with Crippen LogP contribution in [0.15, 0.2) is 18.2 Å². The normalized spacial score (nSPS) is 12.2. The van der Waals surface area contributed by atoms with Crippen molar-refractivity contribution in [3.63, 3.8) is 0 Å². The predicted molar refractivity (Wildman–Crippen MR) is 56.7 cm³/mol. The molecule has 0 fully saturated rings. The Morgan fingerprint density at radius 3 is 2.71 bits per heavy atom. The van der Waals surface area contributed by atoms with E-state index in [4.69, 9.17) is 15.6 Å². The maximum Gasteiger partial charge on any atom is 0.320 e. The zero-order valence-electron chi connectivity index (χ0n) is 9.03. The van der Waals surface area contributed by atoms with Gasteiger partial charge in [-0.25, -0.2) is 8.78 Å². The molecule has 94 valence electrons. The predicted octanol–water partition coefficient (Wildman–Crippen LogP) is 1.54. The molecule has 0 aliphatic rings. The fourth-order valence-corrected chi connectivity index (χ4v) is 1.18. The SMILES string of the molecule is NC(CCCOc1ccc(F)c(F)c1)C(=O)O. The van der Waals surface area contributed by atoms with E-state index in [9.17, 15) is 13.6 Å². The first-order chi connectivity index (χ1) is 8.00. The van der Waals surface area contributed by atoms with Crippen LogP contribution in [0.3, 0.4) is 0 Å². The number of halogens is 2. The van der Waals surface area contributed by atoms with E-state index in [2.05, 4.69) is 0 Å². The Labute approximate surface area is 97.0 Å². The Morgan fingerprint density at radius 1 is 1.41 bits per heavy atom. The Hall–Kier alpha value is -1.69. The highest BCUT2D eigenvalue weighted by atomic mass is 19.2. The van der Waals surface area contributed by atoms with Gasteiger partial charge in [0.05, 0.1) is 6.61 Å². The number of nitrogens with two attached hydrogens (primary N) is 1. The molecule has 6 heteroatoms. The average molecular weight is 245 g/mol. The summed E-state index contributed by atoms with van der Waals surface area (Å²) < 4.78 is 30.5. The second kappa shape index (κ2) is 6.15. The Kier molecular flexibility index (Phi) is 4.84. The molecule has 0 aliphatic heterocycles. The number of ether oxygens (including phenoxy) is 1. The van der Waals surface area contributed by atoms with Crippen molar-refractivity contribution >= 4 is 5.97 Å². The van der Waals surface area contributed by atoms with Crippen LogP contribution in [0.25, 0.3) is 0 Å². The molecule has 1 rings (SSSR count). The fourth-order valence-electron chi connectivity index (χ4n) is 1.18. The van der Waals surface area contributed by atoms with Crippen LogP contribution in [-0.2, 0) is 4.79 Å². The van der Waals surface area contributed by atoms with Gasteiger partial charge in [0.2, 0.25) is 0 Å². The van der Waals surface area contributed by atoms with Crippen molar-refractivity contribution in [2.24, 2.45) is 5.73 Å². The van der Waals surface area contributed by atoms with E-state index in [-0.39, 0.29) is 18.8 Å². The lowest BCUT2D eigenvalue weighted by Gasteiger charge is -2.08. The summed E-state index contributed by atoms with van der Waals surface area (Å²) in [7, 11) is 0. The molecular weight excluding hydrogens is 232 g/mol. The van der Waals surface area contributed by atoms with E-state index in [1.165, 1.54) is 6.07 Å². The third-order valence-electron chi connectivity index (χ3n) is 2.14. The van der Waals surface area contributed by atoms with Gasteiger partial charge in [0.25, 0.3) is 0 Å². The van der Waals surface area contributed by atoms with Crippen LogP contribution < -0.4 is 10.5 Å². The summed E-state index contributed by atoms with van der Waals surface area (Å²) in [5, 5.41) is 8.51. The van der Waals surface area contributed by atoms with Gasteiger partial charge in [-0.05, 0) is 25.0 Å². The molecule has 0 amide bonds. The van der Waals surface area contributed by atoms with Gasteiger partial charge in [-0.1, -0.05) is 0 Å². The number of hydrogen-bond acceptors (Lipinski definition) is 3. The molecule has 0 aromatic heterocycles. The molecule has 1 unspecified atom stereocenters. The van der Waals surface area contributed by atoms with Gasteiger partial charge >= 0.3 is 5.97 Å². The first-order valence-electron chi connectivity index (χ1n) is 5.07. The Bertz CT molecular complexity index is 398.